The molecule has 7 N–H and O–H groups in total. The Kier molecular flexibility index (Phi) is 9.85. The molecule has 0 spiro atoms. The lowest BCUT2D eigenvalue weighted by atomic mass is 10.0. The molecule has 0 amide bonds. The van der Waals surface area contributed by atoms with Crippen LogP contribution in [0.15, 0.2) is 89.5 Å². The van der Waals surface area contributed by atoms with E-state index < -0.39 is 6.04 Å². The van der Waals surface area contributed by atoms with Crippen molar-refractivity contribution in [2.75, 3.05) is 68.6 Å². The maximum atomic E-state index is 10.5. The molecular weight excluding hydrogens is 494 g/mol. The third kappa shape index (κ3) is 8.00. The van der Waals surface area contributed by atoms with Crippen LogP contribution in [0, 0.1) is 0 Å². The van der Waals surface area contributed by atoms with Gasteiger partial charge in [-0.05, 0) is 67.1 Å². The van der Waals surface area contributed by atoms with Gasteiger partial charge in [0.05, 0.1) is 43.0 Å². The van der Waals surface area contributed by atoms with Crippen molar-refractivity contribution in [3.8, 4) is 0 Å². The van der Waals surface area contributed by atoms with Crippen LogP contribution in [0.25, 0.3) is 0 Å². The van der Waals surface area contributed by atoms with E-state index in [9.17, 15) is 15.3 Å². The minimum Gasteiger partial charge on any atom is -0.506 e. The molecule has 0 radical (unpaired) electrons. The smallest absolute Gasteiger partial charge is 0.137 e. The summed E-state index contributed by atoms with van der Waals surface area (Å²) >= 11 is 0. The fourth-order valence-corrected chi connectivity index (χ4v) is 4.44. The Morgan fingerprint density at radius 3 is 2.33 bits per heavy atom. The van der Waals surface area contributed by atoms with E-state index in [1.54, 1.807) is 12.2 Å². The molecule has 2 aromatic carbocycles. The SMILES string of the molecule is CN1C=CN(CCCNc2ccc(NC3=CC(=Nc4ccc(N(CCO)CCO)cc4)C(N)C=C3O)cc2)C1. The van der Waals surface area contributed by atoms with Crippen LogP contribution in [-0.2, 0) is 0 Å². The minimum absolute atomic E-state index is 0.00355. The van der Waals surface area contributed by atoms with Crippen molar-refractivity contribution in [2.24, 2.45) is 10.7 Å². The van der Waals surface area contributed by atoms with Crippen molar-refractivity contribution in [1.29, 1.82) is 0 Å². The predicted octanol–water partition coefficient (Wildman–Crippen LogP) is 2.81. The van der Waals surface area contributed by atoms with Gasteiger partial charge in [-0.15, -0.1) is 0 Å². The average Bonchev–Trinajstić information content (AvgIpc) is 3.35. The Morgan fingerprint density at radius 1 is 1.00 bits per heavy atom. The van der Waals surface area contributed by atoms with Crippen LogP contribution in [0.2, 0.25) is 0 Å². The highest BCUT2D eigenvalue weighted by Crippen LogP contribution is 2.24. The highest BCUT2D eigenvalue weighted by Gasteiger charge is 2.18. The Morgan fingerprint density at radius 2 is 1.69 bits per heavy atom. The molecule has 208 valence electrons. The van der Waals surface area contributed by atoms with Crippen molar-refractivity contribution in [2.45, 2.75) is 12.5 Å². The second-order valence-electron chi connectivity index (χ2n) is 9.61. The van der Waals surface area contributed by atoms with E-state index in [4.69, 9.17) is 5.73 Å². The molecular formula is C29H39N7O3. The zero-order valence-corrected chi connectivity index (χ0v) is 22.4. The van der Waals surface area contributed by atoms with Gasteiger partial charge in [0.25, 0.3) is 0 Å². The summed E-state index contributed by atoms with van der Waals surface area (Å²) in [5.74, 6) is 0.0734. The molecule has 0 fully saturated rings. The van der Waals surface area contributed by atoms with Gasteiger partial charge in [-0.1, -0.05) is 0 Å². The molecule has 2 aliphatic rings. The van der Waals surface area contributed by atoms with Crippen molar-refractivity contribution >= 4 is 28.5 Å². The summed E-state index contributed by atoms with van der Waals surface area (Å²) in [6.45, 7) is 3.72. The molecule has 2 aromatic rings. The third-order valence-electron chi connectivity index (χ3n) is 6.51. The van der Waals surface area contributed by atoms with Crippen LogP contribution in [0.5, 0.6) is 0 Å². The molecule has 1 heterocycles. The molecule has 10 heteroatoms. The van der Waals surface area contributed by atoms with Crippen molar-refractivity contribution < 1.29 is 15.3 Å². The van der Waals surface area contributed by atoms with Gasteiger partial charge < -0.3 is 46.4 Å². The number of nitrogens with one attached hydrogen (secondary N) is 2. The summed E-state index contributed by atoms with van der Waals surface area (Å²) in [4.78, 5) is 11.0. The summed E-state index contributed by atoms with van der Waals surface area (Å²) < 4.78 is 0. The number of hydrogen-bond donors (Lipinski definition) is 6. The van der Waals surface area contributed by atoms with Crippen LogP contribution in [0.1, 0.15) is 6.42 Å². The summed E-state index contributed by atoms with van der Waals surface area (Å²) in [6, 6.07) is 14.9. The molecule has 4 rings (SSSR count). The number of hydrogen-bond acceptors (Lipinski definition) is 10. The standard InChI is InChI=1S/C29H39N7O3/c1-34-13-14-35(21-34)12-2-11-31-22-3-5-23(6-4-22)33-28-20-27(26(30)19-29(28)39)32-24-7-9-25(10-8-24)36(15-17-37)16-18-38/h3-10,13-14,19-20,26,31,33,37-39H,2,11-12,15-18,21,30H2,1H3. The van der Waals surface area contributed by atoms with Gasteiger partial charge in [0.2, 0.25) is 0 Å². The van der Waals surface area contributed by atoms with Crippen LogP contribution < -0.4 is 21.3 Å². The lowest BCUT2D eigenvalue weighted by Crippen LogP contribution is -2.31. The monoisotopic (exact) mass is 533 g/mol. The molecule has 39 heavy (non-hydrogen) atoms. The van der Waals surface area contributed by atoms with Gasteiger partial charge in [-0.25, -0.2) is 0 Å². The highest BCUT2D eigenvalue weighted by molar-refractivity contribution is 6.04. The largest absolute Gasteiger partial charge is 0.506 e. The molecule has 0 saturated heterocycles. The minimum atomic E-state index is -0.543. The average molecular weight is 534 g/mol. The van der Waals surface area contributed by atoms with Crippen LogP contribution >= 0.6 is 0 Å². The quantitative estimate of drug-likeness (QED) is 0.215. The number of anilines is 3. The van der Waals surface area contributed by atoms with E-state index in [0.717, 1.165) is 43.2 Å². The Labute approximate surface area is 230 Å². The van der Waals surface area contributed by atoms with Gasteiger partial charge in [0.1, 0.15) is 5.76 Å². The molecule has 10 nitrogen and oxygen atoms in total. The zero-order valence-electron chi connectivity index (χ0n) is 22.4. The van der Waals surface area contributed by atoms with Crippen molar-refractivity contribution in [3.05, 3.63) is 84.5 Å². The molecule has 1 aliphatic carbocycles. The number of aliphatic imine (C=N–C) groups is 1. The number of aliphatic hydroxyl groups is 3. The summed E-state index contributed by atoms with van der Waals surface area (Å²) in [7, 11) is 2.07. The molecule has 1 atom stereocenters. The lowest BCUT2D eigenvalue weighted by Gasteiger charge is -2.23. The Balaban J connectivity index is 1.35. The number of nitrogens with two attached hydrogens (primary N) is 1. The number of rotatable bonds is 13. The van der Waals surface area contributed by atoms with Gasteiger partial charge in [-0.2, -0.15) is 0 Å². The topological polar surface area (TPSA) is 133 Å². The Hall–Kier alpha value is -3.99. The van der Waals surface area contributed by atoms with Gasteiger partial charge in [-0.3, -0.25) is 4.99 Å². The first-order valence-corrected chi connectivity index (χ1v) is 13.2. The molecule has 0 aromatic heterocycles. The first-order chi connectivity index (χ1) is 18.9. The molecule has 1 unspecified atom stereocenters. The molecule has 1 aliphatic heterocycles. The van der Waals surface area contributed by atoms with E-state index in [1.165, 1.54) is 0 Å². The zero-order chi connectivity index (χ0) is 27.6. The van der Waals surface area contributed by atoms with Crippen molar-refractivity contribution in [3.63, 3.8) is 0 Å². The first-order valence-electron chi connectivity index (χ1n) is 13.2. The third-order valence-corrected chi connectivity index (χ3v) is 6.51. The highest BCUT2D eigenvalue weighted by atomic mass is 16.3. The van der Waals surface area contributed by atoms with Crippen LogP contribution in [-0.4, -0.2) is 90.0 Å². The van der Waals surface area contributed by atoms with Crippen LogP contribution in [0.3, 0.4) is 0 Å². The number of benzene rings is 2. The Bertz CT molecular complexity index is 1190. The first kappa shape index (κ1) is 28.0. The lowest BCUT2D eigenvalue weighted by molar-refractivity contribution is 0.281. The van der Waals surface area contributed by atoms with Crippen molar-refractivity contribution in [1.82, 2.24) is 9.80 Å². The fourth-order valence-electron chi connectivity index (χ4n) is 4.44. The van der Waals surface area contributed by atoms with E-state index >= 15 is 0 Å². The second-order valence-corrected chi connectivity index (χ2v) is 9.61. The summed E-state index contributed by atoms with van der Waals surface area (Å²) in [5.41, 5.74) is 10.8. The maximum absolute atomic E-state index is 10.5. The van der Waals surface area contributed by atoms with E-state index in [1.807, 2.05) is 53.4 Å². The van der Waals surface area contributed by atoms with Gasteiger partial charge >= 0.3 is 0 Å². The van der Waals surface area contributed by atoms with E-state index in [2.05, 4.69) is 44.9 Å². The summed E-state index contributed by atoms with van der Waals surface area (Å²) in [5, 5.41) is 35.8. The summed E-state index contributed by atoms with van der Waals surface area (Å²) in [6.07, 6.45) is 8.58. The number of aliphatic hydroxyl groups excluding tert-OH is 3. The van der Waals surface area contributed by atoms with E-state index in [0.29, 0.717) is 30.2 Å². The fraction of sp³-hybridized carbons (Fsp3) is 0.345. The van der Waals surface area contributed by atoms with Gasteiger partial charge in [0.15, 0.2) is 0 Å². The number of nitrogens with zero attached hydrogens (tertiary/aromatic N) is 4. The normalized spacial score (nSPS) is 17.8. The maximum Gasteiger partial charge on any atom is 0.137 e. The predicted molar refractivity (Wildman–Crippen MR) is 158 cm³/mol. The van der Waals surface area contributed by atoms with E-state index in [-0.39, 0.29) is 19.0 Å². The van der Waals surface area contributed by atoms with Gasteiger partial charge in [0, 0.05) is 62.7 Å². The van der Waals surface area contributed by atoms with Crippen LogP contribution in [0.4, 0.5) is 22.7 Å². The molecule has 0 bridgehead atoms. The molecule has 0 saturated carbocycles. The second kappa shape index (κ2) is 13.7.